The van der Waals surface area contributed by atoms with Crippen molar-refractivity contribution in [3.63, 3.8) is 0 Å². The summed E-state index contributed by atoms with van der Waals surface area (Å²) in [6.07, 6.45) is 1.53. The molecule has 0 spiro atoms. The molecule has 1 amide bonds. The van der Waals surface area contributed by atoms with Crippen molar-refractivity contribution in [2.45, 2.75) is 18.9 Å². The van der Waals surface area contributed by atoms with Gasteiger partial charge in [-0.3, -0.25) is 4.79 Å². The van der Waals surface area contributed by atoms with Crippen molar-refractivity contribution in [1.29, 1.82) is 0 Å². The summed E-state index contributed by atoms with van der Waals surface area (Å²) in [5.41, 5.74) is 0.931. The number of aliphatic hydroxyl groups is 1. The fourth-order valence-corrected chi connectivity index (χ4v) is 2.17. The topological polar surface area (TPSA) is 58.6 Å². The monoisotopic (exact) mass is 249 g/mol. The lowest BCUT2D eigenvalue weighted by Gasteiger charge is -2.24. The van der Waals surface area contributed by atoms with Crippen LogP contribution in [0.4, 0.5) is 0 Å². The lowest BCUT2D eigenvalue weighted by atomic mass is 9.98. The van der Waals surface area contributed by atoms with Crippen LogP contribution >= 0.6 is 0 Å². The van der Waals surface area contributed by atoms with Gasteiger partial charge < -0.3 is 15.2 Å². The first-order chi connectivity index (χ1) is 8.81. The number of hydrogen-bond donors (Lipinski definition) is 2. The van der Waals surface area contributed by atoms with E-state index >= 15 is 0 Å². The summed E-state index contributed by atoms with van der Waals surface area (Å²) in [6.45, 7) is 1.21. The third kappa shape index (κ3) is 3.31. The SMILES string of the molecule is O=C(N[C@@H](CO)c1ccccc1)C1CCOCC1. The van der Waals surface area contributed by atoms with Crippen LogP contribution in [-0.2, 0) is 9.53 Å². The molecule has 0 aliphatic carbocycles. The van der Waals surface area contributed by atoms with E-state index in [0.29, 0.717) is 13.2 Å². The van der Waals surface area contributed by atoms with Crippen molar-refractivity contribution in [2.24, 2.45) is 5.92 Å². The van der Waals surface area contributed by atoms with E-state index in [-0.39, 0.29) is 24.5 Å². The molecule has 1 atom stereocenters. The Morgan fingerprint density at radius 1 is 1.33 bits per heavy atom. The van der Waals surface area contributed by atoms with Gasteiger partial charge in [-0.05, 0) is 18.4 Å². The lowest BCUT2D eigenvalue weighted by Crippen LogP contribution is -2.37. The minimum atomic E-state index is -0.318. The second-order valence-corrected chi connectivity index (χ2v) is 4.54. The minimum Gasteiger partial charge on any atom is -0.394 e. The summed E-state index contributed by atoms with van der Waals surface area (Å²) in [5, 5.41) is 12.3. The molecule has 1 aromatic rings. The maximum atomic E-state index is 12.1. The fourth-order valence-electron chi connectivity index (χ4n) is 2.17. The van der Waals surface area contributed by atoms with E-state index in [1.54, 1.807) is 0 Å². The van der Waals surface area contributed by atoms with Gasteiger partial charge in [-0.1, -0.05) is 30.3 Å². The van der Waals surface area contributed by atoms with E-state index in [1.165, 1.54) is 0 Å². The molecule has 2 N–H and O–H groups in total. The van der Waals surface area contributed by atoms with Gasteiger partial charge in [0.15, 0.2) is 0 Å². The molecule has 4 nitrogen and oxygen atoms in total. The Morgan fingerprint density at radius 3 is 2.61 bits per heavy atom. The average molecular weight is 249 g/mol. The van der Waals surface area contributed by atoms with Crippen molar-refractivity contribution in [2.75, 3.05) is 19.8 Å². The van der Waals surface area contributed by atoms with Crippen molar-refractivity contribution >= 4 is 5.91 Å². The number of benzene rings is 1. The van der Waals surface area contributed by atoms with E-state index in [1.807, 2.05) is 30.3 Å². The van der Waals surface area contributed by atoms with Gasteiger partial charge in [0.2, 0.25) is 5.91 Å². The Balaban J connectivity index is 1.95. The van der Waals surface area contributed by atoms with Crippen LogP contribution in [0.3, 0.4) is 0 Å². The molecular weight excluding hydrogens is 230 g/mol. The predicted octanol–water partition coefficient (Wildman–Crippen LogP) is 1.26. The number of rotatable bonds is 4. The van der Waals surface area contributed by atoms with Gasteiger partial charge in [-0.2, -0.15) is 0 Å². The van der Waals surface area contributed by atoms with Crippen molar-refractivity contribution in [3.8, 4) is 0 Å². The highest BCUT2D eigenvalue weighted by atomic mass is 16.5. The maximum absolute atomic E-state index is 12.1. The van der Waals surface area contributed by atoms with E-state index in [0.717, 1.165) is 18.4 Å². The van der Waals surface area contributed by atoms with Gasteiger partial charge in [0.05, 0.1) is 12.6 Å². The zero-order valence-electron chi connectivity index (χ0n) is 10.3. The van der Waals surface area contributed by atoms with Gasteiger partial charge >= 0.3 is 0 Å². The van der Waals surface area contributed by atoms with Gasteiger partial charge in [0, 0.05) is 19.1 Å². The van der Waals surface area contributed by atoms with Crippen LogP contribution in [-0.4, -0.2) is 30.8 Å². The number of ether oxygens (including phenoxy) is 1. The number of carbonyl (C=O) groups is 1. The molecular formula is C14H19NO3. The molecule has 1 fully saturated rings. The molecule has 1 aliphatic heterocycles. The van der Waals surface area contributed by atoms with E-state index in [9.17, 15) is 9.90 Å². The van der Waals surface area contributed by atoms with Gasteiger partial charge in [-0.25, -0.2) is 0 Å². The molecule has 0 unspecified atom stereocenters. The highest BCUT2D eigenvalue weighted by molar-refractivity contribution is 5.79. The molecule has 0 bridgehead atoms. The van der Waals surface area contributed by atoms with Crippen LogP contribution in [0.1, 0.15) is 24.4 Å². The maximum Gasteiger partial charge on any atom is 0.223 e. The van der Waals surface area contributed by atoms with Gasteiger partial charge in [-0.15, -0.1) is 0 Å². The summed E-state index contributed by atoms with van der Waals surface area (Å²) < 4.78 is 5.24. The summed E-state index contributed by atoms with van der Waals surface area (Å²) in [5.74, 6) is 0.0257. The highest BCUT2D eigenvalue weighted by Gasteiger charge is 2.23. The largest absolute Gasteiger partial charge is 0.394 e. The third-order valence-electron chi connectivity index (χ3n) is 3.29. The van der Waals surface area contributed by atoms with Crippen LogP contribution < -0.4 is 5.32 Å². The summed E-state index contributed by atoms with van der Waals surface area (Å²) in [7, 11) is 0. The zero-order chi connectivity index (χ0) is 12.8. The van der Waals surface area contributed by atoms with E-state index in [4.69, 9.17) is 4.74 Å². The van der Waals surface area contributed by atoms with Crippen LogP contribution in [0.2, 0.25) is 0 Å². The molecule has 0 aromatic heterocycles. The molecule has 1 aliphatic rings. The van der Waals surface area contributed by atoms with Gasteiger partial charge in [0.25, 0.3) is 0 Å². The first-order valence-electron chi connectivity index (χ1n) is 6.35. The lowest BCUT2D eigenvalue weighted by molar-refractivity contribution is -0.128. The second kappa shape index (κ2) is 6.52. The fraction of sp³-hybridized carbons (Fsp3) is 0.500. The second-order valence-electron chi connectivity index (χ2n) is 4.54. The van der Waals surface area contributed by atoms with Gasteiger partial charge in [0.1, 0.15) is 0 Å². The van der Waals surface area contributed by atoms with Crippen molar-refractivity contribution < 1.29 is 14.6 Å². The molecule has 1 aromatic carbocycles. The number of hydrogen-bond acceptors (Lipinski definition) is 3. The number of amides is 1. The zero-order valence-corrected chi connectivity index (χ0v) is 10.3. The molecule has 18 heavy (non-hydrogen) atoms. The van der Waals surface area contributed by atoms with Crippen LogP contribution in [0.25, 0.3) is 0 Å². The minimum absolute atomic E-state index is 0.0107. The quantitative estimate of drug-likeness (QED) is 0.844. The number of carbonyl (C=O) groups excluding carboxylic acids is 1. The molecule has 0 radical (unpaired) electrons. The van der Waals surface area contributed by atoms with Crippen molar-refractivity contribution in [1.82, 2.24) is 5.32 Å². The third-order valence-corrected chi connectivity index (χ3v) is 3.29. The number of aliphatic hydroxyl groups excluding tert-OH is 1. The van der Waals surface area contributed by atoms with Crippen LogP contribution in [0.5, 0.6) is 0 Å². The first-order valence-corrected chi connectivity index (χ1v) is 6.35. The number of nitrogens with one attached hydrogen (secondary N) is 1. The Labute approximate surface area is 107 Å². The van der Waals surface area contributed by atoms with E-state index < -0.39 is 0 Å². The van der Waals surface area contributed by atoms with Crippen molar-refractivity contribution in [3.05, 3.63) is 35.9 Å². The molecule has 1 saturated heterocycles. The molecule has 98 valence electrons. The Kier molecular flexibility index (Phi) is 4.73. The predicted molar refractivity (Wildman–Crippen MR) is 68.0 cm³/mol. The Bertz CT molecular complexity index is 374. The van der Waals surface area contributed by atoms with Crippen LogP contribution in [0, 0.1) is 5.92 Å². The summed E-state index contributed by atoms with van der Waals surface area (Å²) >= 11 is 0. The average Bonchev–Trinajstić information content (AvgIpc) is 2.46. The Morgan fingerprint density at radius 2 is 2.00 bits per heavy atom. The highest BCUT2D eigenvalue weighted by Crippen LogP contribution is 2.18. The summed E-state index contributed by atoms with van der Waals surface area (Å²) in [6, 6.07) is 9.22. The summed E-state index contributed by atoms with van der Waals surface area (Å²) in [4.78, 5) is 12.1. The molecule has 1 heterocycles. The molecule has 2 rings (SSSR count). The smallest absolute Gasteiger partial charge is 0.223 e. The normalized spacial score (nSPS) is 18.3. The van der Waals surface area contributed by atoms with E-state index in [2.05, 4.69) is 5.32 Å². The first kappa shape index (κ1) is 13.1. The van der Waals surface area contributed by atoms with Crippen LogP contribution in [0.15, 0.2) is 30.3 Å². The standard InChI is InChI=1S/C14H19NO3/c16-10-13(11-4-2-1-3-5-11)15-14(17)12-6-8-18-9-7-12/h1-5,12-13,16H,6-10H2,(H,15,17)/t13-/m0/s1. The Hall–Kier alpha value is -1.39. The molecule has 0 saturated carbocycles. The molecule has 4 heteroatoms.